The zero-order valence-corrected chi connectivity index (χ0v) is 12.5. The molecule has 1 aromatic heterocycles. The van der Waals surface area contributed by atoms with Crippen LogP contribution in [0.1, 0.15) is 17.7 Å². The van der Waals surface area contributed by atoms with Crippen molar-refractivity contribution in [2.45, 2.75) is 28.9 Å². The Labute approximate surface area is 128 Å². The molecule has 22 heavy (non-hydrogen) atoms. The van der Waals surface area contributed by atoms with Gasteiger partial charge in [-0.3, -0.25) is 4.68 Å². The molecule has 1 N–H and O–H groups in total. The first-order valence-corrected chi connectivity index (χ1v) is 7.32. The van der Waals surface area contributed by atoms with Crippen LogP contribution in [-0.4, -0.2) is 21.5 Å². The molecule has 120 valence electrons. The number of benzene rings is 1. The molecule has 0 aliphatic rings. The quantitative estimate of drug-likeness (QED) is 0.848. The second-order valence-electron chi connectivity index (χ2n) is 4.64. The lowest BCUT2D eigenvalue weighted by molar-refractivity contribution is -0.142. The highest BCUT2D eigenvalue weighted by atomic mass is 32.2. The van der Waals surface area contributed by atoms with Gasteiger partial charge in [-0.1, -0.05) is 11.8 Å². The van der Waals surface area contributed by atoms with Gasteiger partial charge < -0.3 is 5.11 Å². The van der Waals surface area contributed by atoms with Crippen LogP contribution in [0.15, 0.2) is 34.2 Å². The molecule has 0 fully saturated rings. The Morgan fingerprint density at radius 3 is 2.41 bits per heavy atom. The fourth-order valence-corrected chi connectivity index (χ4v) is 2.99. The van der Waals surface area contributed by atoms with Gasteiger partial charge in [0.15, 0.2) is 5.69 Å². The molecular formula is C14H14F4N2OS. The van der Waals surface area contributed by atoms with Crippen molar-refractivity contribution >= 4 is 11.8 Å². The number of rotatable bonds is 5. The predicted octanol–water partition coefficient (Wildman–Crippen LogP) is 3.65. The molecule has 0 aliphatic carbocycles. The van der Waals surface area contributed by atoms with Crippen LogP contribution in [0, 0.1) is 5.82 Å². The van der Waals surface area contributed by atoms with E-state index in [0.29, 0.717) is 9.92 Å². The second-order valence-corrected chi connectivity index (χ2v) is 5.70. The van der Waals surface area contributed by atoms with E-state index >= 15 is 0 Å². The molecule has 2 rings (SSSR count). The fourth-order valence-electron chi connectivity index (χ4n) is 2.00. The number of aliphatic hydroxyl groups excluding tert-OH is 1. The van der Waals surface area contributed by atoms with Gasteiger partial charge in [0.1, 0.15) is 10.8 Å². The third-order valence-electron chi connectivity index (χ3n) is 2.97. The van der Waals surface area contributed by atoms with Crippen molar-refractivity contribution in [3.63, 3.8) is 0 Å². The zero-order chi connectivity index (χ0) is 16.3. The minimum absolute atomic E-state index is 0.0541. The van der Waals surface area contributed by atoms with Crippen molar-refractivity contribution in [2.24, 2.45) is 7.05 Å². The SMILES string of the molecule is Cn1nc(C(F)(F)F)c(CCCO)c1Sc1ccc(F)cc1. The molecule has 0 atom stereocenters. The molecule has 8 heteroatoms. The van der Waals surface area contributed by atoms with Gasteiger partial charge in [0.2, 0.25) is 0 Å². The number of aryl methyl sites for hydroxylation is 1. The molecule has 0 bridgehead atoms. The summed E-state index contributed by atoms with van der Waals surface area (Å²) in [5, 5.41) is 12.8. The van der Waals surface area contributed by atoms with Crippen LogP contribution < -0.4 is 0 Å². The van der Waals surface area contributed by atoms with Crippen LogP contribution in [0.25, 0.3) is 0 Å². The van der Waals surface area contributed by atoms with Crippen molar-refractivity contribution in [2.75, 3.05) is 6.61 Å². The molecule has 1 heterocycles. The monoisotopic (exact) mass is 334 g/mol. The molecule has 2 aromatic rings. The van der Waals surface area contributed by atoms with Crippen LogP contribution in [0.3, 0.4) is 0 Å². The molecule has 0 spiro atoms. The van der Waals surface area contributed by atoms with Crippen molar-refractivity contribution in [1.82, 2.24) is 9.78 Å². The largest absolute Gasteiger partial charge is 0.435 e. The van der Waals surface area contributed by atoms with E-state index in [9.17, 15) is 17.6 Å². The van der Waals surface area contributed by atoms with Gasteiger partial charge in [-0.05, 0) is 37.1 Å². The summed E-state index contributed by atoms with van der Waals surface area (Å²) >= 11 is 1.09. The van der Waals surface area contributed by atoms with E-state index in [2.05, 4.69) is 5.10 Å². The summed E-state index contributed by atoms with van der Waals surface area (Å²) in [6, 6.07) is 5.49. The van der Waals surface area contributed by atoms with Crippen LogP contribution in [0.5, 0.6) is 0 Å². The molecule has 0 radical (unpaired) electrons. The summed E-state index contributed by atoms with van der Waals surface area (Å²) in [5.41, 5.74) is -0.883. The topological polar surface area (TPSA) is 38.0 Å². The third kappa shape index (κ3) is 3.80. The second kappa shape index (κ2) is 6.70. The van der Waals surface area contributed by atoms with Gasteiger partial charge in [0, 0.05) is 24.1 Å². The van der Waals surface area contributed by atoms with Crippen molar-refractivity contribution < 1.29 is 22.7 Å². The molecule has 0 aliphatic heterocycles. The Balaban J connectivity index is 2.40. The van der Waals surface area contributed by atoms with Crippen LogP contribution >= 0.6 is 11.8 Å². The lowest BCUT2D eigenvalue weighted by atomic mass is 10.1. The first-order chi connectivity index (χ1) is 10.3. The highest BCUT2D eigenvalue weighted by Crippen LogP contribution is 2.38. The highest BCUT2D eigenvalue weighted by molar-refractivity contribution is 7.99. The van der Waals surface area contributed by atoms with Crippen LogP contribution in [0.4, 0.5) is 17.6 Å². The minimum Gasteiger partial charge on any atom is -0.396 e. The van der Waals surface area contributed by atoms with Gasteiger partial charge in [0.05, 0.1) is 0 Å². The van der Waals surface area contributed by atoms with Crippen molar-refractivity contribution in [1.29, 1.82) is 0 Å². The Morgan fingerprint density at radius 2 is 1.86 bits per heavy atom. The standard InChI is InChI=1S/C14H14F4N2OS/c1-20-13(22-10-6-4-9(15)5-7-10)11(3-2-8-21)12(19-20)14(16,17)18/h4-7,21H,2-3,8H2,1H3. The predicted molar refractivity (Wildman–Crippen MR) is 74.1 cm³/mol. The van der Waals surface area contributed by atoms with Crippen LogP contribution in [-0.2, 0) is 19.6 Å². The molecular weight excluding hydrogens is 320 g/mol. The first kappa shape index (κ1) is 16.8. The molecule has 1 aromatic carbocycles. The smallest absolute Gasteiger partial charge is 0.396 e. The summed E-state index contributed by atoms with van der Waals surface area (Å²) in [5.74, 6) is -0.411. The van der Waals surface area contributed by atoms with E-state index in [1.54, 1.807) is 0 Å². The van der Waals surface area contributed by atoms with E-state index in [4.69, 9.17) is 5.11 Å². The van der Waals surface area contributed by atoms with E-state index in [-0.39, 0.29) is 25.0 Å². The molecule has 0 saturated carbocycles. The van der Waals surface area contributed by atoms with Crippen LogP contribution in [0.2, 0.25) is 0 Å². The Kier molecular flexibility index (Phi) is 5.12. The summed E-state index contributed by atoms with van der Waals surface area (Å²) in [6.07, 6.45) is -4.27. The van der Waals surface area contributed by atoms with Gasteiger partial charge in [0.25, 0.3) is 0 Å². The Morgan fingerprint density at radius 1 is 1.23 bits per heavy atom. The third-order valence-corrected chi connectivity index (χ3v) is 4.18. The van der Waals surface area contributed by atoms with E-state index in [0.717, 1.165) is 11.8 Å². The number of nitrogens with zero attached hydrogens (tertiary/aromatic N) is 2. The maximum atomic E-state index is 13.1. The molecule has 0 amide bonds. The number of aliphatic hydroxyl groups is 1. The van der Waals surface area contributed by atoms with Crippen molar-refractivity contribution in [3.05, 3.63) is 41.3 Å². The number of hydrogen-bond donors (Lipinski definition) is 1. The van der Waals surface area contributed by atoms with Gasteiger partial charge >= 0.3 is 6.18 Å². The van der Waals surface area contributed by atoms with E-state index < -0.39 is 17.7 Å². The number of hydrogen-bond acceptors (Lipinski definition) is 3. The summed E-state index contributed by atoms with van der Waals surface area (Å²) < 4.78 is 53.3. The lowest BCUT2D eigenvalue weighted by Crippen LogP contribution is -2.10. The summed E-state index contributed by atoms with van der Waals surface area (Å²) in [4.78, 5) is 0.614. The number of alkyl halides is 3. The lowest BCUT2D eigenvalue weighted by Gasteiger charge is -2.08. The van der Waals surface area contributed by atoms with Gasteiger partial charge in [-0.2, -0.15) is 18.3 Å². The first-order valence-electron chi connectivity index (χ1n) is 6.50. The van der Waals surface area contributed by atoms with Gasteiger partial charge in [-0.25, -0.2) is 4.39 Å². The summed E-state index contributed by atoms with van der Waals surface area (Å²) in [7, 11) is 1.43. The normalized spacial score (nSPS) is 11.9. The van der Waals surface area contributed by atoms with E-state index in [1.807, 2.05) is 0 Å². The number of halogens is 4. The maximum Gasteiger partial charge on any atom is 0.435 e. The highest BCUT2D eigenvalue weighted by Gasteiger charge is 2.38. The van der Waals surface area contributed by atoms with Crippen molar-refractivity contribution in [3.8, 4) is 0 Å². The maximum absolute atomic E-state index is 13.1. The fraction of sp³-hybridized carbons (Fsp3) is 0.357. The average molecular weight is 334 g/mol. The molecule has 0 unspecified atom stereocenters. The Hall–Kier alpha value is -1.54. The average Bonchev–Trinajstić information content (AvgIpc) is 2.76. The zero-order valence-electron chi connectivity index (χ0n) is 11.7. The molecule has 0 saturated heterocycles. The van der Waals surface area contributed by atoms with E-state index in [1.165, 1.54) is 36.0 Å². The number of aromatic nitrogens is 2. The Bertz CT molecular complexity index is 638. The molecule has 3 nitrogen and oxygen atoms in total. The van der Waals surface area contributed by atoms with Gasteiger partial charge in [-0.15, -0.1) is 0 Å². The summed E-state index contributed by atoms with van der Waals surface area (Å²) in [6.45, 7) is -0.202. The minimum atomic E-state index is -4.55.